The standard InChI is InChI=1S/C21H16BrFN2O2/c1-13-5-4-6-15(11-13)24-20(26)16-7-2-3-8-19(16)25-21(27)17-12-14(23)9-10-18(17)22/h2-12H,1H3,(H,24,26)(H,25,27). The summed E-state index contributed by atoms with van der Waals surface area (Å²) in [6.07, 6.45) is 0. The first-order valence-electron chi connectivity index (χ1n) is 8.17. The Morgan fingerprint density at radius 3 is 2.37 bits per heavy atom. The van der Waals surface area contributed by atoms with Crippen LogP contribution in [0.15, 0.2) is 71.2 Å². The third-order valence-electron chi connectivity index (χ3n) is 3.87. The Balaban J connectivity index is 1.84. The first-order chi connectivity index (χ1) is 12.9. The van der Waals surface area contributed by atoms with Gasteiger partial charge in [0.2, 0.25) is 0 Å². The van der Waals surface area contributed by atoms with Gasteiger partial charge in [-0.3, -0.25) is 9.59 Å². The molecular formula is C21H16BrFN2O2. The summed E-state index contributed by atoms with van der Waals surface area (Å²) in [6.45, 7) is 1.93. The van der Waals surface area contributed by atoms with E-state index in [-0.39, 0.29) is 11.5 Å². The van der Waals surface area contributed by atoms with Gasteiger partial charge >= 0.3 is 0 Å². The fourth-order valence-corrected chi connectivity index (χ4v) is 3.00. The number of amides is 2. The Morgan fingerprint density at radius 1 is 0.852 bits per heavy atom. The van der Waals surface area contributed by atoms with Gasteiger partial charge in [-0.15, -0.1) is 0 Å². The van der Waals surface area contributed by atoms with Gasteiger partial charge in [-0.1, -0.05) is 24.3 Å². The largest absolute Gasteiger partial charge is 0.322 e. The molecule has 136 valence electrons. The molecule has 0 bridgehead atoms. The van der Waals surface area contributed by atoms with Gasteiger partial charge in [-0.2, -0.15) is 0 Å². The lowest BCUT2D eigenvalue weighted by Crippen LogP contribution is -2.18. The van der Waals surface area contributed by atoms with Gasteiger partial charge in [-0.05, 0) is 70.9 Å². The van der Waals surface area contributed by atoms with Crippen molar-refractivity contribution in [3.05, 3.63) is 93.7 Å². The number of halogens is 2. The normalized spacial score (nSPS) is 10.3. The summed E-state index contributed by atoms with van der Waals surface area (Å²) in [4.78, 5) is 25.2. The van der Waals surface area contributed by atoms with E-state index in [0.717, 1.165) is 11.6 Å². The SMILES string of the molecule is Cc1cccc(NC(=O)c2ccccc2NC(=O)c2cc(F)ccc2Br)c1. The Morgan fingerprint density at radius 2 is 1.59 bits per heavy atom. The Hall–Kier alpha value is -2.99. The lowest BCUT2D eigenvalue weighted by atomic mass is 10.1. The lowest BCUT2D eigenvalue weighted by molar-refractivity contribution is 0.102. The maximum absolute atomic E-state index is 13.5. The lowest BCUT2D eigenvalue weighted by Gasteiger charge is -2.12. The predicted molar refractivity (Wildman–Crippen MR) is 108 cm³/mol. The fourth-order valence-electron chi connectivity index (χ4n) is 2.57. The molecule has 3 aromatic rings. The topological polar surface area (TPSA) is 58.2 Å². The molecule has 3 aromatic carbocycles. The molecule has 0 saturated heterocycles. The number of carbonyl (C=O) groups is 2. The minimum absolute atomic E-state index is 0.142. The highest BCUT2D eigenvalue weighted by molar-refractivity contribution is 9.10. The quantitative estimate of drug-likeness (QED) is 0.586. The van der Waals surface area contributed by atoms with E-state index in [0.29, 0.717) is 21.4 Å². The second kappa shape index (κ2) is 8.14. The molecule has 0 aliphatic rings. The van der Waals surface area contributed by atoms with E-state index in [1.165, 1.54) is 12.1 Å². The molecule has 6 heteroatoms. The van der Waals surface area contributed by atoms with E-state index in [1.54, 1.807) is 30.3 Å². The maximum Gasteiger partial charge on any atom is 0.257 e. The number of hydrogen-bond acceptors (Lipinski definition) is 2. The Bertz CT molecular complexity index is 1020. The summed E-state index contributed by atoms with van der Waals surface area (Å²) in [5, 5.41) is 5.49. The van der Waals surface area contributed by atoms with Crippen molar-refractivity contribution in [1.29, 1.82) is 0 Å². The van der Waals surface area contributed by atoms with Gasteiger partial charge in [0, 0.05) is 10.2 Å². The van der Waals surface area contributed by atoms with E-state index in [2.05, 4.69) is 26.6 Å². The van der Waals surface area contributed by atoms with Crippen LogP contribution in [0, 0.1) is 12.7 Å². The van der Waals surface area contributed by atoms with Crippen molar-refractivity contribution in [3.63, 3.8) is 0 Å². The molecule has 27 heavy (non-hydrogen) atoms. The molecule has 0 heterocycles. The molecule has 0 unspecified atom stereocenters. The van der Waals surface area contributed by atoms with Crippen LogP contribution in [0.3, 0.4) is 0 Å². The highest BCUT2D eigenvalue weighted by atomic mass is 79.9. The smallest absolute Gasteiger partial charge is 0.257 e. The van der Waals surface area contributed by atoms with Crippen LogP contribution in [-0.4, -0.2) is 11.8 Å². The van der Waals surface area contributed by atoms with Crippen molar-refractivity contribution in [2.24, 2.45) is 0 Å². The number of rotatable bonds is 4. The second-order valence-corrected chi connectivity index (χ2v) is 6.80. The summed E-state index contributed by atoms with van der Waals surface area (Å²) in [5.41, 5.74) is 2.46. The zero-order chi connectivity index (χ0) is 19.4. The molecule has 0 spiro atoms. The average molecular weight is 427 g/mol. The molecule has 0 radical (unpaired) electrons. The number of benzene rings is 3. The van der Waals surface area contributed by atoms with E-state index in [4.69, 9.17) is 0 Å². The van der Waals surface area contributed by atoms with Crippen LogP contribution < -0.4 is 10.6 Å². The number of anilines is 2. The number of nitrogens with one attached hydrogen (secondary N) is 2. The summed E-state index contributed by atoms with van der Waals surface area (Å²) < 4.78 is 13.9. The summed E-state index contributed by atoms with van der Waals surface area (Å²) >= 11 is 3.24. The molecule has 2 N–H and O–H groups in total. The van der Waals surface area contributed by atoms with E-state index in [1.807, 2.05) is 25.1 Å². The van der Waals surface area contributed by atoms with E-state index < -0.39 is 11.7 Å². The number of carbonyl (C=O) groups excluding carboxylic acids is 2. The zero-order valence-electron chi connectivity index (χ0n) is 14.4. The highest BCUT2D eigenvalue weighted by Crippen LogP contribution is 2.22. The minimum Gasteiger partial charge on any atom is -0.322 e. The molecule has 0 atom stereocenters. The van der Waals surface area contributed by atoms with Crippen LogP contribution >= 0.6 is 15.9 Å². The second-order valence-electron chi connectivity index (χ2n) is 5.95. The van der Waals surface area contributed by atoms with Crippen LogP contribution in [0.2, 0.25) is 0 Å². The minimum atomic E-state index is -0.520. The summed E-state index contributed by atoms with van der Waals surface area (Å²) in [5.74, 6) is -1.39. The average Bonchev–Trinajstić information content (AvgIpc) is 2.64. The summed E-state index contributed by atoms with van der Waals surface area (Å²) in [7, 11) is 0. The third-order valence-corrected chi connectivity index (χ3v) is 4.56. The van der Waals surface area contributed by atoms with Crippen molar-refractivity contribution >= 4 is 39.1 Å². The molecule has 3 rings (SSSR count). The van der Waals surface area contributed by atoms with Crippen LogP contribution in [-0.2, 0) is 0 Å². The monoisotopic (exact) mass is 426 g/mol. The Kier molecular flexibility index (Phi) is 5.66. The molecule has 0 aliphatic carbocycles. The number of hydrogen-bond donors (Lipinski definition) is 2. The van der Waals surface area contributed by atoms with Gasteiger partial charge in [0.15, 0.2) is 0 Å². The van der Waals surface area contributed by atoms with Crippen LogP contribution in [0.5, 0.6) is 0 Å². The van der Waals surface area contributed by atoms with Crippen LogP contribution in [0.4, 0.5) is 15.8 Å². The van der Waals surface area contributed by atoms with Crippen molar-refractivity contribution in [1.82, 2.24) is 0 Å². The van der Waals surface area contributed by atoms with Gasteiger partial charge < -0.3 is 10.6 Å². The molecule has 4 nitrogen and oxygen atoms in total. The molecule has 0 aromatic heterocycles. The fraction of sp³-hybridized carbons (Fsp3) is 0.0476. The molecule has 0 aliphatic heterocycles. The van der Waals surface area contributed by atoms with Gasteiger partial charge in [-0.25, -0.2) is 4.39 Å². The molecule has 2 amide bonds. The molecule has 0 saturated carbocycles. The van der Waals surface area contributed by atoms with E-state index >= 15 is 0 Å². The molecular weight excluding hydrogens is 411 g/mol. The van der Waals surface area contributed by atoms with Crippen LogP contribution in [0.1, 0.15) is 26.3 Å². The van der Waals surface area contributed by atoms with Gasteiger partial charge in [0.1, 0.15) is 5.82 Å². The van der Waals surface area contributed by atoms with Gasteiger partial charge in [0.25, 0.3) is 11.8 Å². The van der Waals surface area contributed by atoms with Crippen molar-refractivity contribution in [3.8, 4) is 0 Å². The van der Waals surface area contributed by atoms with E-state index in [9.17, 15) is 14.0 Å². The highest BCUT2D eigenvalue weighted by Gasteiger charge is 2.16. The number of para-hydroxylation sites is 1. The molecule has 0 fully saturated rings. The van der Waals surface area contributed by atoms with Crippen LogP contribution in [0.25, 0.3) is 0 Å². The first kappa shape index (κ1) is 18.8. The third kappa shape index (κ3) is 4.60. The number of aryl methyl sites for hydroxylation is 1. The first-order valence-corrected chi connectivity index (χ1v) is 8.97. The predicted octanol–water partition coefficient (Wildman–Crippen LogP) is 5.40. The van der Waals surface area contributed by atoms with Gasteiger partial charge in [0.05, 0.1) is 16.8 Å². The summed E-state index contributed by atoms with van der Waals surface area (Å²) in [6, 6.07) is 17.9. The van der Waals surface area contributed by atoms with Crippen molar-refractivity contribution in [2.75, 3.05) is 10.6 Å². The van der Waals surface area contributed by atoms with Crippen molar-refractivity contribution < 1.29 is 14.0 Å². The zero-order valence-corrected chi connectivity index (χ0v) is 16.0. The Labute approximate surface area is 164 Å². The maximum atomic E-state index is 13.5. The van der Waals surface area contributed by atoms with Crippen molar-refractivity contribution in [2.45, 2.75) is 6.92 Å².